The predicted molar refractivity (Wildman–Crippen MR) is 58.8 cm³/mol. The van der Waals surface area contributed by atoms with Gasteiger partial charge in [-0.05, 0) is 0 Å². The van der Waals surface area contributed by atoms with E-state index in [1.165, 1.54) is 5.56 Å². The third-order valence-corrected chi connectivity index (χ3v) is 6.56. The van der Waals surface area contributed by atoms with E-state index in [-0.39, 0.29) is 0 Å². The normalized spacial score (nSPS) is 11.7. The van der Waals surface area contributed by atoms with Crippen LogP contribution in [-0.2, 0) is 6.42 Å². The Kier molecular flexibility index (Phi) is 3.00. The van der Waals surface area contributed by atoms with Gasteiger partial charge in [-0.25, -0.2) is 0 Å². The van der Waals surface area contributed by atoms with E-state index in [0.717, 1.165) is 6.42 Å². The first-order valence-corrected chi connectivity index (χ1v) is 12.0. The van der Waals surface area contributed by atoms with E-state index in [1.807, 2.05) is 0 Å². The molecule has 0 aliphatic heterocycles. The van der Waals surface area contributed by atoms with Crippen LogP contribution in [0.5, 0.6) is 0 Å². The van der Waals surface area contributed by atoms with E-state index in [4.69, 9.17) is 0 Å². The number of hydrogen-bond acceptors (Lipinski definition) is 0. The van der Waals surface area contributed by atoms with Gasteiger partial charge in [0.15, 0.2) is 0 Å². The van der Waals surface area contributed by atoms with Crippen LogP contribution in [0.15, 0.2) is 24.3 Å². The Morgan fingerprint density at radius 2 is 1.50 bits per heavy atom. The van der Waals surface area contributed by atoms with Crippen molar-refractivity contribution < 1.29 is 0 Å². The van der Waals surface area contributed by atoms with Gasteiger partial charge in [0, 0.05) is 0 Å². The molecular weight excluding hydrogens is 205 g/mol. The summed E-state index contributed by atoms with van der Waals surface area (Å²) in [5.74, 6) is 7.29. The SMILES string of the molecule is CCc1cc[c]([Ge]([CH3])([CH3])[CH3])cc1. The van der Waals surface area contributed by atoms with Crippen molar-refractivity contribution >= 4 is 17.7 Å². The maximum absolute atomic E-state index is 2.43. The van der Waals surface area contributed by atoms with Crippen molar-refractivity contribution in [3.63, 3.8) is 0 Å². The summed E-state index contributed by atoms with van der Waals surface area (Å²) >= 11 is -1.54. The number of hydrogen-bond donors (Lipinski definition) is 0. The predicted octanol–water partition coefficient (Wildman–Crippen LogP) is 2.79. The van der Waals surface area contributed by atoms with Gasteiger partial charge in [-0.15, -0.1) is 0 Å². The zero-order valence-electron chi connectivity index (χ0n) is 8.52. The third-order valence-electron chi connectivity index (χ3n) is 2.23. The van der Waals surface area contributed by atoms with Crippen LogP contribution in [0.1, 0.15) is 12.5 Å². The second-order valence-corrected chi connectivity index (χ2v) is 15.0. The van der Waals surface area contributed by atoms with Crippen LogP contribution >= 0.6 is 0 Å². The fraction of sp³-hybridized carbons (Fsp3) is 0.455. The quantitative estimate of drug-likeness (QED) is 0.676. The zero-order chi connectivity index (χ0) is 9.19. The first kappa shape index (κ1) is 9.85. The van der Waals surface area contributed by atoms with Crippen LogP contribution in [0.2, 0.25) is 17.3 Å². The van der Waals surface area contributed by atoms with E-state index in [0.29, 0.717) is 0 Å². The van der Waals surface area contributed by atoms with Gasteiger partial charge in [-0.2, -0.15) is 0 Å². The Balaban J connectivity index is 2.93. The summed E-state index contributed by atoms with van der Waals surface area (Å²) in [4.78, 5) is 0. The molecule has 1 heteroatoms. The van der Waals surface area contributed by atoms with E-state index >= 15 is 0 Å². The summed E-state index contributed by atoms with van der Waals surface area (Å²) in [6.45, 7) is 2.20. The molecule has 66 valence electrons. The molecule has 0 saturated carbocycles. The number of benzene rings is 1. The molecular formula is C11H18Ge. The van der Waals surface area contributed by atoms with Crippen LogP contribution in [-0.4, -0.2) is 13.3 Å². The molecule has 0 unspecified atom stereocenters. The van der Waals surface area contributed by atoms with E-state index < -0.39 is 13.3 Å². The molecule has 0 aliphatic rings. The van der Waals surface area contributed by atoms with Gasteiger partial charge in [0.05, 0.1) is 0 Å². The molecule has 1 rings (SSSR count). The second kappa shape index (κ2) is 3.65. The number of aryl methyl sites for hydroxylation is 1. The summed E-state index contributed by atoms with van der Waals surface area (Å²) in [6, 6.07) is 9.18. The average Bonchev–Trinajstić information content (AvgIpc) is 2.03. The third kappa shape index (κ3) is 2.38. The van der Waals surface area contributed by atoms with Crippen molar-refractivity contribution in [1.29, 1.82) is 0 Å². The molecule has 0 aliphatic carbocycles. The van der Waals surface area contributed by atoms with Gasteiger partial charge >= 0.3 is 78.1 Å². The van der Waals surface area contributed by atoms with Gasteiger partial charge in [0.2, 0.25) is 0 Å². The maximum atomic E-state index is 2.43. The summed E-state index contributed by atoms with van der Waals surface area (Å²) in [7, 11) is 0. The number of rotatable bonds is 2. The molecule has 0 radical (unpaired) electrons. The molecule has 0 atom stereocenters. The standard InChI is InChI=1S/C11H18Ge/c1-5-10-6-8-11(9-7-10)12(2,3)4/h6-9H,5H2,1-4H3. The Hall–Kier alpha value is -0.237. The molecule has 0 nitrogen and oxygen atoms in total. The van der Waals surface area contributed by atoms with Crippen molar-refractivity contribution in [3.8, 4) is 0 Å². The van der Waals surface area contributed by atoms with Crippen molar-refractivity contribution in [3.05, 3.63) is 29.8 Å². The van der Waals surface area contributed by atoms with Gasteiger partial charge in [-0.3, -0.25) is 0 Å². The summed E-state index contributed by atoms with van der Waals surface area (Å²) in [5.41, 5.74) is 1.45. The van der Waals surface area contributed by atoms with Crippen LogP contribution in [0.3, 0.4) is 0 Å². The molecule has 0 bridgehead atoms. The van der Waals surface area contributed by atoms with E-state index in [9.17, 15) is 0 Å². The Labute approximate surface area is 78.4 Å². The topological polar surface area (TPSA) is 0 Å². The minimum atomic E-state index is -1.54. The molecule has 0 amide bonds. The molecule has 0 heterocycles. The Bertz CT molecular complexity index is 241. The fourth-order valence-electron chi connectivity index (χ4n) is 1.24. The van der Waals surface area contributed by atoms with Crippen molar-refractivity contribution in [2.45, 2.75) is 30.6 Å². The van der Waals surface area contributed by atoms with Crippen molar-refractivity contribution in [2.24, 2.45) is 0 Å². The second-order valence-electron chi connectivity index (χ2n) is 4.30. The molecule has 12 heavy (non-hydrogen) atoms. The molecule has 0 spiro atoms. The van der Waals surface area contributed by atoms with Gasteiger partial charge in [-0.1, -0.05) is 0 Å². The molecule has 0 fully saturated rings. The van der Waals surface area contributed by atoms with Crippen LogP contribution < -0.4 is 4.40 Å². The molecule has 0 aromatic heterocycles. The zero-order valence-corrected chi connectivity index (χ0v) is 10.6. The van der Waals surface area contributed by atoms with Crippen LogP contribution in [0, 0.1) is 0 Å². The van der Waals surface area contributed by atoms with Gasteiger partial charge in [0.1, 0.15) is 0 Å². The average molecular weight is 223 g/mol. The van der Waals surface area contributed by atoms with Gasteiger partial charge < -0.3 is 0 Å². The summed E-state index contributed by atoms with van der Waals surface area (Å²) in [6.07, 6.45) is 1.15. The summed E-state index contributed by atoms with van der Waals surface area (Å²) < 4.78 is 1.60. The molecule has 0 N–H and O–H groups in total. The monoisotopic (exact) mass is 224 g/mol. The summed E-state index contributed by atoms with van der Waals surface area (Å²) in [5, 5.41) is 0. The van der Waals surface area contributed by atoms with Crippen molar-refractivity contribution in [2.75, 3.05) is 0 Å². The van der Waals surface area contributed by atoms with Gasteiger partial charge in [0.25, 0.3) is 0 Å². The Morgan fingerprint density at radius 1 is 1.00 bits per heavy atom. The van der Waals surface area contributed by atoms with E-state index in [1.54, 1.807) is 4.40 Å². The van der Waals surface area contributed by atoms with Crippen LogP contribution in [0.4, 0.5) is 0 Å². The Morgan fingerprint density at radius 3 is 1.83 bits per heavy atom. The minimum absolute atomic E-state index is 1.15. The molecule has 1 aromatic rings. The van der Waals surface area contributed by atoms with Crippen LogP contribution in [0.25, 0.3) is 0 Å². The first-order chi connectivity index (χ1) is 5.54. The molecule has 1 aromatic carbocycles. The fourth-order valence-corrected chi connectivity index (χ4v) is 3.69. The first-order valence-electron chi connectivity index (χ1n) is 4.63. The van der Waals surface area contributed by atoms with Crippen molar-refractivity contribution in [1.82, 2.24) is 0 Å². The van der Waals surface area contributed by atoms with E-state index in [2.05, 4.69) is 48.5 Å². The molecule has 0 saturated heterocycles.